The summed E-state index contributed by atoms with van der Waals surface area (Å²) in [5.74, 6) is 0. The standard InChI is InChI=1S/C15H17ClF2N4O2S/c16-14-4-2-1-3-12(14)10-20-5-7-21(8-6-20)25(23,24)13-9-19-22(11-13)15(17)18/h1-4,9,11,15H,5-8,10H2. The number of alkyl halides is 2. The maximum absolute atomic E-state index is 12.6. The van der Waals surface area contributed by atoms with Crippen molar-refractivity contribution in [2.45, 2.75) is 18.0 Å². The molecule has 2 aromatic rings. The summed E-state index contributed by atoms with van der Waals surface area (Å²) in [6, 6.07) is 7.51. The number of halogens is 3. The van der Waals surface area contributed by atoms with Gasteiger partial charge in [-0.1, -0.05) is 29.8 Å². The van der Waals surface area contributed by atoms with Crippen LogP contribution in [0.15, 0.2) is 41.6 Å². The van der Waals surface area contributed by atoms with Gasteiger partial charge < -0.3 is 0 Å². The lowest BCUT2D eigenvalue weighted by Gasteiger charge is -2.33. The minimum atomic E-state index is -3.82. The predicted molar refractivity (Wildman–Crippen MR) is 89.0 cm³/mol. The number of hydrogen-bond donors (Lipinski definition) is 0. The second-order valence-electron chi connectivity index (χ2n) is 5.71. The van der Waals surface area contributed by atoms with E-state index in [4.69, 9.17) is 11.6 Å². The number of hydrogen-bond acceptors (Lipinski definition) is 4. The fourth-order valence-electron chi connectivity index (χ4n) is 2.71. The zero-order valence-corrected chi connectivity index (χ0v) is 14.8. The molecule has 1 aliphatic rings. The molecule has 0 bridgehead atoms. The second kappa shape index (κ2) is 7.36. The molecule has 0 radical (unpaired) electrons. The lowest BCUT2D eigenvalue weighted by Crippen LogP contribution is -2.48. The Morgan fingerprint density at radius 2 is 1.84 bits per heavy atom. The molecule has 0 aliphatic carbocycles. The van der Waals surface area contributed by atoms with Crippen molar-refractivity contribution >= 4 is 21.6 Å². The van der Waals surface area contributed by atoms with Gasteiger partial charge in [0.2, 0.25) is 10.0 Å². The van der Waals surface area contributed by atoms with Crippen molar-refractivity contribution in [3.8, 4) is 0 Å². The van der Waals surface area contributed by atoms with Crippen molar-refractivity contribution in [1.29, 1.82) is 0 Å². The summed E-state index contributed by atoms with van der Waals surface area (Å²) in [5, 5.41) is 4.07. The zero-order valence-electron chi connectivity index (χ0n) is 13.2. The van der Waals surface area contributed by atoms with Gasteiger partial charge in [-0.15, -0.1) is 0 Å². The first kappa shape index (κ1) is 18.2. The number of nitrogens with zero attached hydrogens (tertiary/aromatic N) is 4. The number of aromatic nitrogens is 2. The van der Waals surface area contributed by atoms with Crippen LogP contribution in [0.1, 0.15) is 12.1 Å². The maximum atomic E-state index is 12.6. The van der Waals surface area contributed by atoms with Crippen molar-refractivity contribution in [1.82, 2.24) is 19.0 Å². The highest BCUT2D eigenvalue weighted by atomic mass is 35.5. The van der Waals surface area contributed by atoms with Crippen molar-refractivity contribution in [3.63, 3.8) is 0 Å². The van der Waals surface area contributed by atoms with Gasteiger partial charge in [-0.2, -0.15) is 18.2 Å². The topological polar surface area (TPSA) is 58.4 Å². The van der Waals surface area contributed by atoms with E-state index >= 15 is 0 Å². The van der Waals surface area contributed by atoms with Crippen molar-refractivity contribution in [2.75, 3.05) is 26.2 Å². The first-order valence-electron chi connectivity index (χ1n) is 7.66. The molecule has 0 spiro atoms. The van der Waals surface area contributed by atoms with Crippen LogP contribution in [0.5, 0.6) is 0 Å². The molecule has 0 amide bonds. The molecule has 1 aliphatic heterocycles. The normalized spacial score (nSPS) is 17.3. The average molecular weight is 391 g/mol. The fraction of sp³-hybridized carbons (Fsp3) is 0.400. The summed E-state index contributed by atoms with van der Waals surface area (Å²) >= 11 is 6.15. The molecule has 6 nitrogen and oxygen atoms in total. The highest BCUT2D eigenvalue weighted by molar-refractivity contribution is 7.89. The Morgan fingerprint density at radius 3 is 2.44 bits per heavy atom. The van der Waals surface area contributed by atoms with Gasteiger partial charge in [-0.25, -0.2) is 13.1 Å². The Labute approximate surface area is 149 Å². The lowest BCUT2D eigenvalue weighted by molar-refractivity contribution is 0.0563. The van der Waals surface area contributed by atoms with Gasteiger partial charge in [-0.05, 0) is 11.6 Å². The highest BCUT2D eigenvalue weighted by Gasteiger charge is 2.30. The minimum Gasteiger partial charge on any atom is -0.296 e. The molecule has 0 unspecified atom stereocenters. The quantitative estimate of drug-likeness (QED) is 0.786. The Morgan fingerprint density at radius 1 is 1.16 bits per heavy atom. The van der Waals surface area contributed by atoms with Crippen LogP contribution in [-0.4, -0.2) is 53.6 Å². The third kappa shape index (κ3) is 4.00. The Hall–Kier alpha value is -1.55. The van der Waals surface area contributed by atoms with Crippen LogP contribution < -0.4 is 0 Å². The molecule has 1 fully saturated rings. The molecule has 1 aromatic heterocycles. The summed E-state index contributed by atoms with van der Waals surface area (Å²) in [6.45, 7) is -0.590. The van der Waals surface area contributed by atoms with E-state index in [1.807, 2.05) is 24.3 Å². The third-order valence-corrected chi connectivity index (χ3v) is 6.32. The van der Waals surface area contributed by atoms with E-state index in [0.29, 0.717) is 29.3 Å². The van der Waals surface area contributed by atoms with Gasteiger partial charge in [-0.3, -0.25) is 4.90 Å². The van der Waals surface area contributed by atoms with Gasteiger partial charge in [0.05, 0.1) is 12.4 Å². The SMILES string of the molecule is O=S(=O)(c1cnn(C(F)F)c1)N1CCN(Cc2ccccc2Cl)CC1. The zero-order chi connectivity index (χ0) is 18.0. The lowest BCUT2D eigenvalue weighted by atomic mass is 10.2. The number of rotatable bonds is 5. The van der Waals surface area contributed by atoms with Gasteiger partial charge in [0.15, 0.2) is 0 Å². The minimum absolute atomic E-state index is 0.215. The number of piperazine rings is 1. The Bertz CT molecular complexity index is 836. The molecular weight excluding hydrogens is 374 g/mol. The molecule has 0 atom stereocenters. The molecule has 2 heterocycles. The molecule has 1 aromatic carbocycles. The van der Waals surface area contributed by atoms with Gasteiger partial charge in [0, 0.05) is 37.7 Å². The molecule has 1 saturated heterocycles. The number of sulfonamides is 1. The summed E-state index contributed by atoms with van der Waals surface area (Å²) in [5.41, 5.74) is 0.985. The van der Waals surface area contributed by atoms with Crippen molar-refractivity contribution in [3.05, 3.63) is 47.2 Å². The highest BCUT2D eigenvalue weighted by Crippen LogP contribution is 2.21. The van der Waals surface area contributed by atoms with Crippen molar-refractivity contribution in [2.24, 2.45) is 0 Å². The van der Waals surface area contributed by atoms with Crippen LogP contribution >= 0.6 is 11.6 Å². The van der Waals surface area contributed by atoms with Gasteiger partial charge in [0.25, 0.3) is 0 Å². The van der Waals surface area contributed by atoms with Crippen LogP contribution in [0, 0.1) is 0 Å². The first-order chi connectivity index (χ1) is 11.9. The van der Waals surface area contributed by atoms with E-state index < -0.39 is 16.6 Å². The molecule has 136 valence electrons. The molecule has 0 N–H and O–H groups in total. The predicted octanol–water partition coefficient (Wildman–Crippen LogP) is 2.44. The molecule has 3 rings (SSSR count). The first-order valence-corrected chi connectivity index (χ1v) is 9.48. The van der Waals surface area contributed by atoms with E-state index in [9.17, 15) is 17.2 Å². The average Bonchev–Trinajstić information content (AvgIpc) is 3.09. The molecule has 10 heteroatoms. The number of benzene rings is 1. The van der Waals surface area contributed by atoms with Crippen LogP contribution in [0.2, 0.25) is 5.02 Å². The fourth-order valence-corrected chi connectivity index (χ4v) is 4.26. The summed E-state index contributed by atoms with van der Waals surface area (Å²) in [7, 11) is -3.82. The Balaban J connectivity index is 1.64. The van der Waals surface area contributed by atoms with Crippen LogP contribution in [-0.2, 0) is 16.6 Å². The van der Waals surface area contributed by atoms with Crippen molar-refractivity contribution < 1.29 is 17.2 Å². The monoisotopic (exact) mass is 390 g/mol. The van der Waals surface area contributed by atoms with Crippen LogP contribution in [0.25, 0.3) is 0 Å². The van der Waals surface area contributed by atoms with Crippen LogP contribution in [0.4, 0.5) is 8.78 Å². The largest absolute Gasteiger partial charge is 0.333 e. The van der Waals surface area contributed by atoms with Gasteiger partial charge in [0.1, 0.15) is 4.90 Å². The summed E-state index contributed by atoms with van der Waals surface area (Å²) in [4.78, 5) is 1.89. The smallest absolute Gasteiger partial charge is 0.296 e. The molecular formula is C15H17ClF2N4O2S. The summed E-state index contributed by atoms with van der Waals surface area (Å²) in [6.07, 6.45) is 1.81. The van der Waals surface area contributed by atoms with E-state index in [-0.39, 0.29) is 18.0 Å². The molecule has 25 heavy (non-hydrogen) atoms. The van der Waals surface area contributed by atoms with E-state index in [2.05, 4.69) is 10.00 Å². The molecule has 0 saturated carbocycles. The maximum Gasteiger partial charge on any atom is 0.333 e. The van der Waals surface area contributed by atoms with Crippen LogP contribution in [0.3, 0.4) is 0 Å². The van der Waals surface area contributed by atoms with E-state index in [1.54, 1.807) is 0 Å². The third-order valence-electron chi connectivity index (χ3n) is 4.10. The summed E-state index contributed by atoms with van der Waals surface area (Å²) < 4.78 is 51.8. The van der Waals surface area contributed by atoms with E-state index in [0.717, 1.165) is 18.0 Å². The van der Waals surface area contributed by atoms with E-state index in [1.165, 1.54) is 4.31 Å². The van der Waals surface area contributed by atoms with Gasteiger partial charge >= 0.3 is 6.55 Å². The Kier molecular flexibility index (Phi) is 5.38. The second-order valence-corrected chi connectivity index (χ2v) is 8.05.